The highest BCUT2D eigenvalue weighted by molar-refractivity contribution is 5.97. The predicted octanol–water partition coefficient (Wildman–Crippen LogP) is 3.71. The molecule has 0 spiro atoms. The molecule has 2 heterocycles. The van der Waals surface area contributed by atoms with Gasteiger partial charge in [0.1, 0.15) is 11.6 Å². The van der Waals surface area contributed by atoms with E-state index in [-0.39, 0.29) is 24.1 Å². The van der Waals surface area contributed by atoms with Crippen LogP contribution < -0.4 is 9.64 Å². The molecule has 0 aliphatic carbocycles. The number of aromatic nitrogens is 2. The van der Waals surface area contributed by atoms with Gasteiger partial charge in [0, 0.05) is 18.5 Å². The molecule has 0 radical (unpaired) electrons. The minimum absolute atomic E-state index is 0.0227. The summed E-state index contributed by atoms with van der Waals surface area (Å²) in [7, 11) is 1.58. The summed E-state index contributed by atoms with van der Waals surface area (Å²) in [5, 5.41) is 3.97. The lowest BCUT2D eigenvalue weighted by Crippen LogP contribution is -2.25. The second-order valence-electron chi connectivity index (χ2n) is 6.54. The summed E-state index contributed by atoms with van der Waals surface area (Å²) in [6, 6.07) is 11.6. The highest BCUT2D eigenvalue weighted by atomic mass is 19.1. The lowest BCUT2D eigenvalue weighted by molar-refractivity contribution is -0.117. The number of ether oxygens (including phenoxy) is 1. The lowest BCUT2D eigenvalue weighted by atomic mass is 10.1. The van der Waals surface area contributed by atoms with Crippen molar-refractivity contribution in [1.82, 2.24) is 10.1 Å². The summed E-state index contributed by atoms with van der Waals surface area (Å²) in [5.41, 5.74) is 2.44. The number of anilines is 1. The fourth-order valence-electron chi connectivity index (χ4n) is 3.23. The van der Waals surface area contributed by atoms with Crippen LogP contribution in [-0.4, -0.2) is 29.7 Å². The van der Waals surface area contributed by atoms with Gasteiger partial charge in [-0.25, -0.2) is 4.39 Å². The van der Waals surface area contributed by atoms with Crippen LogP contribution in [0.5, 0.6) is 5.75 Å². The standard InChI is InChI=1S/C20H18FN3O3/c1-12-3-8-17(26-2)16(9-12)24-11-14(10-18(24)25)20-22-19(23-27-20)13-4-6-15(21)7-5-13/h3-9,14H,10-11H2,1-2H3. The fraction of sp³-hybridized carbons (Fsp3) is 0.250. The van der Waals surface area contributed by atoms with E-state index in [0.29, 0.717) is 29.6 Å². The summed E-state index contributed by atoms with van der Waals surface area (Å²) in [4.78, 5) is 18.7. The van der Waals surface area contributed by atoms with Gasteiger partial charge < -0.3 is 14.2 Å². The number of rotatable bonds is 4. The Morgan fingerprint density at radius 1 is 1.22 bits per heavy atom. The molecule has 0 N–H and O–H groups in total. The summed E-state index contributed by atoms with van der Waals surface area (Å²) in [6.45, 7) is 2.40. The summed E-state index contributed by atoms with van der Waals surface area (Å²) >= 11 is 0. The number of methoxy groups -OCH3 is 1. The van der Waals surface area contributed by atoms with Crippen molar-refractivity contribution >= 4 is 11.6 Å². The third-order valence-electron chi connectivity index (χ3n) is 4.64. The van der Waals surface area contributed by atoms with Gasteiger partial charge in [-0.15, -0.1) is 0 Å². The Kier molecular flexibility index (Phi) is 4.35. The molecule has 1 aromatic heterocycles. The van der Waals surface area contributed by atoms with Crippen LogP contribution in [0, 0.1) is 12.7 Å². The van der Waals surface area contributed by atoms with Crippen molar-refractivity contribution in [3.63, 3.8) is 0 Å². The van der Waals surface area contributed by atoms with Gasteiger partial charge in [0.05, 0.1) is 18.7 Å². The van der Waals surface area contributed by atoms with Crippen LogP contribution in [0.2, 0.25) is 0 Å². The fourth-order valence-corrected chi connectivity index (χ4v) is 3.23. The Bertz CT molecular complexity index is 984. The molecular formula is C20H18FN3O3. The number of halogens is 1. The van der Waals surface area contributed by atoms with Gasteiger partial charge in [0.25, 0.3) is 0 Å². The zero-order chi connectivity index (χ0) is 19.0. The number of hydrogen-bond donors (Lipinski definition) is 0. The van der Waals surface area contributed by atoms with Crippen molar-refractivity contribution in [2.45, 2.75) is 19.3 Å². The predicted molar refractivity (Wildman–Crippen MR) is 97.1 cm³/mol. The van der Waals surface area contributed by atoms with E-state index in [1.54, 1.807) is 24.1 Å². The molecule has 2 aromatic carbocycles. The van der Waals surface area contributed by atoms with Gasteiger partial charge in [-0.2, -0.15) is 4.98 Å². The molecule has 1 unspecified atom stereocenters. The van der Waals surface area contributed by atoms with Gasteiger partial charge in [-0.3, -0.25) is 4.79 Å². The first kappa shape index (κ1) is 17.2. The second-order valence-corrected chi connectivity index (χ2v) is 6.54. The molecule has 0 saturated carbocycles. The Morgan fingerprint density at radius 3 is 2.74 bits per heavy atom. The molecule has 7 heteroatoms. The van der Waals surface area contributed by atoms with E-state index >= 15 is 0 Å². The Labute approximate surface area is 155 Å². The number of carbonyl (C=O) groups is 1. The Hall–Kier alpha value is -3.22. The van der Waals surface area contributed by atoms with E-state index in [1.165, 1.54) is 12.1 Å². The van der Waals surface area contributed by atoms with Crippen LogP contribution in [0.25, 0.3) is 11.4 Å². The van der Waals surface area contributed by atoms with E-state index in [1.807, 2.05) is 25.1 Å². The minimum Gasteiger partial charge on any atom is -0.495 e. The van der Waals surface area contributed by atoms with Gasteiger partial charge >= 0.3 is 0 Å². The van der Waals surface area contributed by atoms with Gasteiger partial charge in [0.15, 0.2) is 0 Å². The van der Waals surface area contributed by atoms with E-state index in [2.05, 4.69) is 10.1 Å². The Balaban J connectivity index is 1.58. The molecular weight excluding hydrogens is 349 g/mol. The SMILES string of the molecule is COc1ccc(C)cc1N1CC(c2nc(-c3ccc(F)cc3)no2)CC1=O. The third-order valence-corrected chi connectivity index (χ3v) is 4.64. The summed E-state index contributed by atoms with van der Waals surface area (Å²) < 4.78 is 23.9. The molecule has 6 nitrogen and oxygen atoms in total. The molecule has 1 fully saturated rings. The smallest absolute Gasteiger partial charge is 0.232 e. The number of benzene rings is 2. The van der Waals surface area contributed by atoms with E-state index < -0.39 is 0 Å². The van der Waals surface area contributed by atoms with Crippen LogP contribution in [0.3, 0.4) is 0 Å². The second kappa shape index (κ2) is 6.83. The van der Waals surface area contributed by atoms with Crippen LogP contribution in [0.1, 0.15) is 23.8 Å². The normalized spacial score (nSPS) is 16.8. The van der Waals surface area contributed by atoms with Gasteiger partial charge in [-0.05, 0) is 48.9 Å². The van der Waals surface area contributed by atoms with Crippen molar-refractivity contribution in [2.75, 3.05) is 18.6 Å². The van der Waals surface area contributed by atoms with Gasteiger partial charge in [-0.1, -0.05) is 11.2 Å². The van der Waals surface area contributed by atoms with Crippen molar-refractivity contribution in [1.29, 1.82) is 0 Å². The van der Waals surface area contributed by atoms with Crippen molar-refractivity contribution in [2.24, 2.45) is 0 Å². The van der Waals surface area contributed by atoms with Crippen LogP contribution in [0.15, 0.2) is 47.0 Å². The molecule has 1 atom stereocenters. The number of amides is 1. The molecule has 1 aliphatic heterocycles. The summed E-state index contributed by atoms with van der Waals surface area (Å²) in [6.07, 6.45) is 0.280. The van der Waals surface area contributed by atoms with E-state index in [9.17, 15) is 9.18 Å². The quantitative estimate of drug-likeness (QED) is 0.703. The maximum absolute atomic E-state index is 13.1. The van der Waals surface area contributed by atoms with Gasteiger partial charge in [0.2, 0.25) is 17.6 Å². The molecule has 3 aromatic rings. The summed E-state index contributed by atoms with van der Waals surface area (Å²) in [5.74, 6) is 0.870. The first-order chi connectivity index (χ1) is 13.0. The highest BCUT2D eigenvalue weighted by Crippen LogP contribution is 2.37. The van der Waals surface area contributed by atoms with Crippen molar-refractivity contribution < 1.29 is 18.4 Å². The average Bonchev–Trinajstić information content (AvgIpc) is 3.29. The maximum Gasteiger partial charge on any atom is 0.232 e. The molecule has 1 amide bonds. The molecule has 138 valence electrons. The van der Waals surface area contributed by atoms with Crippen molar-refractivity contribution in [3.05, 3.63) is 59.7 Å². The number of nitrogens with zero attached hydrogens (tertiary/aromatic N) is 3. The zero-order valence-corrected chi connectivity index (χ0v) is 15.0. The van der Waals surface area contributed by atoms with Crippen LogP contribution in [0.4, 0.5) is 10.1 Å². The maximum atomic E-state index is 13.1. The van der Waals surface area contributed by atoms with Crippen LogP contribution in [-0.2, 0) is 4.79 Å². The monoisotopic (exact) mass is 367 g/mol. The minimum atomic E-state index is -0.327. The lowest BCUT2D eigenvalue weighted by Gasteiger charge is -2.19. The first-order valence-electron chi connectivity index (χ1n) is 8.59. The Morgan fingerprint density at radius 2 is 2.00 bits per heavy atom. The molecule has 4 rings (SSSR count). The van der Waals surface area contributed by atoms with Crippen molar-refractivity contribution in [3.8, 4) is 17.1 Å². The highest BCUT2D eigenvalue weighted by Gasteiger charge is 2.36. The third kappa shape index (κ3) is 3.28. The zero-order valence-electron chi connectivity index (χ0n) is 15.0. The molecule has 27 heavy (non-hydrogen) atoms. The molecule has 1 aliphatic rings. The first-order valence-corrected chi connectivity index (χ1v) is 8.59. The molecule has 1 saturated heterocycles. The van der Waals surface area contributed by atoms with Crippen LogP contribution >= 0.6 is 0 Å². The van der Waals surface area contributed by atoms with E-state index in [4.69, 9.17) is 9.26 Å². The number of carbonyl (C=O) groups excluding carboxylic acids is 1. The largest absolute Gasteiger partial charge is 0.495 e. The van der Waals surface area contributed by atoms with E-state index in [0.717, 1.165) is 11.3 Å². The topological polar surface area (TPSA) is 68.5 Å². The average molecular weight is 367 g/mol. The number of hydrogen-bond acceptors (Lipinski definition) is 5. The molecule has 0 bridgehead atoms. The number of aryl methyl sites for hydroxylation is 1.